The second-order valence-electron chi connectivity index (χ2n) is 7.42. The van der Waals surface area contributed by atoms with E-state index in [1.165, 1.54) is 34.6 Å². The predicted molar refractivity (Wildman–Crippen MR) is 112 cm³/mol. The van der Waals surface area contributed by atoms with E-state index in [0.717, 1.165) is 19.3 Å². The monoisotopic (exact) mass is 432 g/mol. The van der Waals surface area contributed by atoms with E-state index in [9.17, 15) is 22.4 Å². The number of sulfonamides is 1. The molecule has 0 aliphatic carbocycles. The van der Waals surface area contributed by atoms with Crippen molar-refractivity contribution in [3.63, 3.8) is 0 Å². The maximum Gasteiger partial charge on any atom is 0.243 e. The third-order valence-electron chi connectivity index (χ3n) is 5.15. The number of hydrogen-bond acceptors (Lipinski definition) is 4. The van der Waals surface area contributed by atoms with Crippen LogP contribution in [0.1, 0.15) is 48.0 Å². The quantitative estimate of drug-likeness (QED) is 0.673. The van der Waals surface area contributed by atoms with Crippen molar-refractivity contribution >= 4 is 27.4 Å². The van der Waals surface area contributed by atoms with Crippen LogP contribution in [-0.4, -0.2) is 37.5 Å². The van der Waals surface area contributed by atoms with Crippen LogP contribution in [0.15, 0.2) is 47.4 Å². The van der Waals surface area contributed by atoms with Gasteiger partial charge in [0.25, 0.3) is 0 Å². The summed E-state index contributed by atoms with van der Waals surface area (Å²) in [6.07, 6.45) is 2.63. The van der Waals surface area contributed by atoms with Crippen LogP contribution in [-0.2, 0) is 14.8 Å². The number of anilines is 1. The fourth-order valence-electron chi connectivity index (χ4n) is 3.43. The number of carbonyl (C=O) groups excluding carboxylic acids is 2. The molecule has 0 aromatic heterocycles. The summed E-state index contributed by atoms with van der Waals surface area (Å²) in [5, 5.41) is 2.67. The van der Waals surface area contributed by atoms with Gasteiger partial charge in [0.15, 0.2) is 5.78 Å². The van der Waals surface area contributed by atoms with E-state index >= 15 is 0 Å². The van der Waals surface area contributed by atoms with Crippen molar-refractivity contribution in [1.29, 1.82) is 0 Å². The lowest BCUT2D eigenvalue weighted by Crippen LogP contribution is -2.36. The fourth-order valence-corrected chi connectivity index (χ4v) is 5.20. The molecule has 160 valence electrons. The summed E-state index contributed by atoms with van der Waals surface area (Å²) in [4.78, 5) is 24.6. The lowest BCUT2D eigenvalue weighted by Gasteiger charge is -2.26. The number of aryl methyl sites for hydroxylation is 1. The van der Waals surface area contributed by atoms with Gasteiger partial charge >= 0.3 is 0 Å². The van der Waals surface area contributed by atoms with Crippen molar-refractivity contribution in [1.82, 2.24) is 4.31 Å². The van der Waals surface area contributed by atoms with E-state index in [1.54, 1.807) is 19.1 Å². The molecule has 1 N–H and O–H groups in total. The summed E-state index contributed by atoms with van der Waals surface area (Å²) in [5.41, 5.74) is 1.33. The van der Waals surface area contributed by atoms with Crippen molar-refractivity contribution in [3.05, 3.63) is 59.4 Å². The Balaban J connectivity index is 1.65. The number of nitrogens with zero attached hydrogens (tertiary/aromatic N) is 1. The van der Waals surface area contributed by atoms with Crippen LogP contribution in [0.5, 0.6) is 0 Å². The molecule has 1 saturated heterocycles. The molecule has 1 aliphatic rings. The average molecular weight is 433 g/mol. The maximum atomic E-state index is 13.0. The number of halogens is 1. The van der Waals surface area contributed by atoms with E-state index in [1.807, 2.05) is 0 Å². The number of Topliss-reactive ketones (excluding diaryl/α,β-unsaturated/α-hetero) is 1. The number of hydrogen-bond donors (Lipinski definition) is 1. The number of amides is 1. The summed E-state index contributed by atoms with van der Waals surface area (Å²) in [6, 6.07) is 9.94. The molecule has 8 heteroatoms. The zero-order chi connectivity index (χ0) is 21.7. The molecule has 3 rings (SSSR count). The molecule has 1 fully saturated rings. The topological polar surface area (TPSA) is 83.5 Å². The van der Waals surface area contributed by atoms with Crippen molar-refractivity contribution < 1.29 is 22.4 Å². The minimum Gasteiger partial charge on any atom is -0.326 e. The molecule has 30 heavy (non-hydrogen) atoms. The Kier molecular flexibility index (Phi) is 6.99. The molecule has 1 amide bonds. The van der Waals surface area contributed by atoms with E-state index in [4.69, 9.17) is 0 Å². The van der Waals surface area contributed by atoms with E-state index in [2.05, 4.69) is 5.32 Å². The Labute approximate surface area is 176 Å². The van der Waals surface area contributed by atoms with Gasteiger partial charge < -0.3 is 5.32 Å². The number of benzene rings is 2. The SMILES string of the molecule is Cc1ccc(NC(=O)CCC(=O)c2ccc(F)cc2)cc1S(=O)(=O)N1CCCCC1. The highest BCUT2D eigenvalue weighted by Crippen LogP contribution is 2.26. The third-order valence-corrected chi connectivity index (χ3v) is 7.19. The summed E-state index contributed by atoms with van der Waals surface area (Å²) >= 11 is 0. The van der Waals surface area contributed by atoms with Crippen LogP contribution in [0.25, 0.3) is 0 Å². The fraction of sp³-hybridized carbons (Fsp3) is 0.364. The first kappa shape index (κ1) is 22.1. The Hall–Kier alpha value is -2.58. The highest BCUT2D eigenvalue weighted by Gasteiger charge is 2.27. The zero-order valence-electron chi connectivity index (χ0n) is 16.9. The van der Waals surface area contributed by atoms with Crippen LogP contribution in [0.4, 0.5) is 10.1 Å². The van der Waals surface area contributed by atoms with Gasteiger partial charge in [0.05, 0.1) is 4.90 Å². The Bertz CT molecular complexity index is 1030. The molecule has 0 radical (unpaired) electrons. The minimum absolute atomic E-state index is 0.0255. The van der Waals surface area contributed by atoms with Gasteiger partial charge in [-0.3, -0.25) is 9.59 Å². The largest absolute Gasteiger partial charge is 0.326 e. The molecular formula is C22H25FN2O4S. The average Bonchev–Trinajstić information content (AvgIpc) is 2.74. The molecule has 0 saturated carbocycles. The highest BCUT2D eigenvalue weighted by molar-refractivity contribution is 7.89. The number of piperidine rings is 1. The van der Waals surface area contributed by atoms with E-state index < -0.39 is 21.7 Å². The van der Waals surface area contributed by atoms with Gasteiger partial charge in [0.1, 0.15) is 5.82 Å². The Morgan fingerprint density at radius 3 is 2.33 bits per heavy atom. The van der Waals surface area contributed by atoms with Crippen molar-refractivity contribution in [2.75, 3.05) is 18.4 Å². The van der Waals surface area contributed by atoms with Gasteiger partial charge in [-0.15, -0.1) is 0 Å². The normalized spacial score (nSPS) is 15.0. The Morgan fingerprint density at radius 1 is 1.00 bits per heavy atom. The number of ketones is 1. The standard InChI is InChI=1S/C22H25FN2O4S/c1-16-5-10-19(15-21(16)30(28,29)25-13-3-2-4-14-25)24-22(27)12-11-20(26)17-6-8-18(23)9-7-17/h5-10,15H,2-4,11-14H2,1H3,(H,24,27). The van der Waals surface area contributed by atoms with Gasteiger partial charge in [-0.1, -0.05) is 12.5 Å². The van der Waals surface area contributed by atoms with Gasteiger partial charge in [-0.25, -0.2) is 12.8 Å². The molecule has 6 nitrogen and oxygen atoms in total. The predicted octanol–water partition coefficient (Wildman–Crippen LogP) is 3.91. The molecule has 1 aliphatic heterocycles. The zero-order valence-corrected chi connectivity index (χ0v) is 17.7. The second-order valence-corrected chi connectivity index (χ2v) is 9.33. The summed E-state index contributed by atoms with van der Waals surface area (Å²) in [6.45, 7) is 2.73. The third kappa shape index (κ3) is 5.31. The van der Waals surface area contributed by atoms with Crippen LogP contribution in [0.3, 0.4) is 0 Å². The number of carbonyl (C=O) groups is 2. The van der Waals surface area contributed by atoms with Crippen LogP contribution in [0.2, 0.25) is 0 Å². The van der Waals surface area contributed by atoms with Gasteiger partial charge in [0, 0.05) is 37.2 Å². The molecular weight excluding hydrogens is 407 g/mol. The molecule has 2 aromatic rings. The lowest BCUT2D eigenvalue weighted by atomic mass is 10.1. The van der Waals surface area contributed by atoms with Gasteiger partial charge in [0.2, 0.25) is 15.9 Å². The number of nitrogens with one attached hydrogen (secondary N) is 1. The molecule has 0 unspecified atom stereocenters. The summed E-state index contributed by atoms with van der Waals surface area (Å²) in [7, 11) is -3.62. The summed E-state index contributed by atoms with van der Waals surface area (Å²) in [5.74, 6) is -1.09. The van der Waals surface area contributed by atoms with Gasteiger partial charge in [-0.2, -0.15) is 4.31 Å². The van der Waals surface area contributed by atoms with Crippen LogP contribution < -0.4 is 5.32 Å². The Morgan fingerprint density at radius 2 is 1.67 bits per heavy atom. The first-order valence-electron chi connectivity index (χ1n) is 9.97. The second kappa shape index (κ2) is 9.49. The molecule has 0 atom stereocenters. The molecule has 2 aromatic carbocycles. The first-order valence-corrected chi connectivity index (χ1v) is 11.4. The molecule has 1 heterocycles. The van der Waals surface area contributed by atoms with Crippen molar-refractivity contribution in [3.8, 4) is 0 Å². The van der Waals surface area contributed by atoms with Crippen LogP contribution in [0, 0.1) is 12.7 Å². The first-order chi connectivity index (χ1) is 14.3. The smallest absolute Gasteiger partial charge is 0.243 e. The lowest BCUT2D eigenvalue weighted by molar-refractivity contribution is -0.116. The molecule has 0 bridgehead atoms. The van der Waals surface area contributed by atoms with E-state index in [-0.39, 0.29) is 23.5 Å². The maximum absolute atomic E-state index is 13.0. The van der Waals surface area contributed by atoms with Crippen molar-refractivity contribution in [2.24, 2.45) is 0 Å². The van der Waals surface area contributed by atoms with Crippen molar-refractivity contribution in [2.45, 2.75) is 43.9 Å². The van der Waals surface area contributed by atoms with Crippen LogP contribution >= 0.6 is 0 Å². The number of rotatable bonds is 7. The van der Waals surface area contributed by atoms with Gasteiger partial charge in [-0.05, 0) is 61.7 Å². The highest BCUT2D eigenvalue weighted by atomic mass is 32.2. The van der Waals surface area contributed by atoms with E-state index in [0.29, 0.717) is 29.9 Å². The minimum atomic E-state index is -3.62. The molecule has 0 spiro atoms. The summed E-state index contributed by atoms with van der Waals surface area (Å²) < 4.78 is 40.4.